The van der Waals surface area contributed by atoms with E-state index in [0.29, 0.717) is 0 Å². The number of rotatable bonds is 3. The number of nitrogens with zero attached hydrogens (tertiary/aromatic N) is 1. The normalized spacial score (nSPS) is 15.2. The zero-order valence-electron chi connectivity index (χ0n) is 6.33. The maximum Gasteiger partial charge on any atom is 0.146 e. The first-order chi connectivity index (χ1) is 4.18. The first-order valence-electron chi connectivity index (χ1n) is 3.38. The van der Waals surface area contributed by atoms with Crippen LogP contribution < -0.4 is 0 Å². The van der Waals surface area contributed by atoms with Gasteiger partial charge in [-0.3, -0.25) is 4.99 Å². The molecular weight excluding hydrogens is 114 g/mol. The number of hydrogen-bond donors (Lipinski definition) is 1. The van der Waals surface area contributed by atoms with Gasteiger partial charge in [0.05, 0.1) is 0 Å². The maximum absolute atomic E-state index is 9.06. The minimum atomic E-state index is -0.509. The van der Waals surface area contributed by atoms with Crippen LogP contribution in [0.15, 0.2) is 4.99 Å². The molecule has 0 amide bonds. The molecule has 0 fully saturated rings. The van der Waals surface area contributed by atoms with E-state index in [1.165, 1.54) is 0 Å². The van der Waals surface area contributed by atoms with Gasteiger partial charge in [-0.1, -0.05) is 20.8 Å². The van der Waals surface area contributed by atoms with Crippen molar-refractivity contribution in [3.63, 3.8) is 0 Å². The quantitative estimate of drug-likeness (QED) is 0.574. The van der Waals surface area contributed by atoms with Gasteiger partial charge < -0.3 is 5.11 Å². The van der Waals surface area contributed by atoms with Gasteiger partial charge in [-0.15, -0.1) is 0 Å². The van der Waals surface area contributed by atoms with E-state index in [2.05, 4.69) is 4.99 Å². The summed E-state index contributed by atoms with van der Waals surface area (Å²) in [4.78, 5) is 3.87. The third-order valence-electron chi connectivity index (χ3n) is 1.04. The van der Waals surface area contributed by atoms with Gasteiger partial charge in [-0.05, 0) is 12.3 Å². The van der Waals surface area contributed by atoms with E-state index in [0.717, 1.165) is 6.42 Å². The molecule has 0 bridgehead atoms. The van der Waals surface area contributed by atoms with Crippen molar-refractivity contribution in [3.8, 4) is 0 Å². The van der Waals surface area contributed by atoms with E-state index in [-0.39, 0.29) is 5.92 Å². The van der Waals surface area contributed by atoms with Crippen LogP contribution in [0.2, 0.25) is 0 Å². The summed E-state index contributed by atoms with van der Waals surface area (Å²) in [6, 6.07) is 0. The van der Waals surface area contributed by atoms with Crippen molar-refractivity contribution in [1.82, 2.24) is 0 Å². The van der Waals surface area contributed by atoms with E-state index in [9.17, 15) is 0 Å². The van der Waals surface area contributed by atoms with Gasteiger partial charge in [0.25, 0.3) is 0 Å². The SMILES string of the molecule is CCC=NC(O)C(C)C. The van der Waals surface area contributed by atoms with Crippen LogP contribution in [0.5, 0.6) is 0 Å². The summed E-state index contributed by atoms with van der Waals surface area (Å²) in [5, 5.41) is 9.06. The highest BCUT2D eigenvalue weighted by atomic mass is 16.3. The molecule has 0 heterocycles. The lowest BCUT2D eigenvalue weighted by Crippen LogP contribution is -2.10. The fourth-order valence-corrected chi connectivity index (χ4v) is 0.386. The van der Waals surface area contributed by atoms with E-state index < -0.39 is 6.23 Å². The second-order valence-electron chi connectivity index (χ2n) is 2.40. The molecule has 2 nitrogen and oxygen atoms in total. The summed E-state index contributed by atoms with van der Waals surface area (Å²) in [6.07, 6.45) is 2.12. The Morgan fingerprint density at radius 3 is 2.44 bits per heavy atom. The molecule has 0 radical (unpaired) electrons. The van der Waals surface area contributed by atoms with Crippen LogP contribution >= 0.6 is 0 Å². The fourth-order valence-electron chi connectivity index (χ4n) is 0.386. The zero-order chi connectivity index (χ0) is 7.28. The summed E-state index contributed by atoms with van der Waals surface area (Å²) in [5.74, 6) is 0.229. The Labute approximate surface area is 56.6 Å². The molecular formula is C7H15NO. The number of aliphatic hydroxyl groups excluding tert-OH is 1. The smallest absolute Gasteiger partial charge is 0.146 e. The Kier molecular flexibility index (Phi) is 4.32. The van der Waals surface area contributed by atoms with Crippen molar-refractivity contribution >= 4 is 6.21 Å². The highest BCUT2D eigenvalue weighted by Crippen LogP contribution is 2.00. The summed E-state index contributed by atoms with van der Waals surface area (Å²) >= 11 is 0. The summed E-state index contributed by atoms with van der Waals surface area (Å²) in [7, 11) is 0. The topological polar surface area (TPSA) is 32.6 Å². The van der Waals surface area contributed by atoms with E-state index >= 15 is 0 Å². The third kappa shape index (κ3) is 4.15. The van der Waals surface area contributed by atoms with E-state index in [1.807, 2.05) is 20.8 Å². The molecule has 0 aliphatic rings. The van der Waals surface area contributed by atoms with Crippen molar-refractivity contribution in [2.24, 2.45) is 10.9 Å². The largest absolute Gasteiger partial charge is 0.372 e. The second kappa shape index (κ2) is 4.50. The summed E-state index contributed by atoms with van der Waals surface area (Å²) in [5.41, 5.74) is 0. The van der Waals surface area contributed by atoms with Crippen molar-refractivity contribution in [2.75, 3.05) is 0 Å². The molecule has 0 aromatic rings. The fraction of sp³-hybridized carbons (Fsp3) is 0.857. The average molecular weight is 129 g/mol. The van der Waals surface area contributed by atoms with Crippen molar-refractivity contribution < 1.29 is 5.11 Å². The van der Waals surface area contributed by atoms with Gasteiger partial charge in [0.2, 0.25) is 0 Å². The van der Waals surface area contributed by atoms with Crippen molar-refractivity contribution in [1.29, 1.82) is 0 Å². The van der Waals surface area contributed by atoms with Crippen LogP contribution in [-0.4, -0.2) is 17.5 Å². The molecule has 0 aliphatic carbocycles. The minimum Gasteiger partial charge on any atom is -0.372 e. The molecule has 54 valence electrons. The number of hydrogen-bond acceptors (Lipinski definition) is 2. The van der Waals surface area contributed by atoms with Crippen LogP contribution in [0, 0.1) is 5.92 Å². The lowest BCUT2D eigenvalue weighted by molar-refractivity contribution is 0.135. The molecule has 0 saturated carbocycles. The van der Waals surface area contributed by atoms with Crippen LogP contribution in [0.4, 0.5) is 0 Å². The van der Waals surface area contributed by atoms with Crippen LogP contribution in [-0.2, 0) is 0 Å². The molecule has 0 spiro atoms. The van der Waals surface area contributed by atoms with Crippen molar-refractivity contribution in [2.45, 2.75) is 33.4 Å². The van der Waals surface area contributed by atoms with Gasteiger partial charge in [0.15, 0.2) is 0 Å². The molecule has 0 saturated heterocycles. The van der Waals surface area contributed by atoms with Gasteiger partial charge in [-0.2, -0.15) is 0 Å². The zero-order valence-corrected chi connectivity index (χ0v) is 6.33. The molecule has 0 rings (SSSR count). The maximum atomic E-state index is 9.06. The number of aliphatic hydroxyl groups is 1. The number of aliphatic imine (C=N–C) groups is 1. The first kappa shape index (κ1) is 8.63. The molecule has 9 heavy (non-hydrogen) atoms. The Balaban J connectivity index is 3.48. The third-order valence-corrected chi connectivity index (χ3v) is 1.04. The van der Waals surface area contributed by atoms with Gasteiger partial charge >= 0.3 is 0 Å². The Morgan fingerprint density at radius 1 is 1.56 bits per heavy atom. The monoisotopic (exact) mass is 129 g/mol. The summed E-state index contributed by atoms with van der Waals surface area (Å²) < 4.78 is 0. The summed E-state index contributed by atoms with van der Waals surface area (Å²) in [6.45, 7) is 5.88. The van der Waals surface area contributed by atoms with Crippen LogP contribution in [0.3, 0.4) is 0 Å². The highest BCUT2D eigenvalue weighted by molar-refractivity contribution is 5.56. The second-order valence-corrected chi connectivity index (χ2v) is 2.40. The molecule has 0 aromatic heterocycles. The predicted molar refractivity (Wildman–Crippen MR) is 39.6 cm³/mol. The minimum absolute atomic E-state index is 0.229. The Hall–Kier alpha value is -0.370. The molecule has 1 unspecified atom stereocenters. The molecule has 0 aromatic carbocycles. The lowest BCUT2D eigenvalue weighted by Gasteiger charge is -2.07. The standard InChI is InChI=1S/C7H15NO/c1-4-5-8-7(9)6(2)3/h5-7,9H,4H2,1-3H3. The molecule has 1 atom stereocenters. The van der Waals surface area contributed by atoms with Crippen molar-refractivity contribution in [3.05, 3.63) is 0 Å². The molecule has 2 heteroatoms. The molecule has 0 aliphatic heterocycles. The first-order valence-corrected chi connectivity index (χ1v) is 3.38. The van der Waals surface area contributed by atoms with E-state index in [1.54, 1.807) is 6.21 Å². The highest BCUT2D eigenvalue weighted by Gasteiger charge is 2.03. The van der Waals surface area contributed by atoms with E-state index in [4.69, 9.17) is 5.11 Å². The van der Waals surface area contributed by atoms with Crippen LogP contribution in [0.25, 0.3) is 0 Å². The Bertz CT molecular complexity index is 88.9. The van der Waals surface area contributed by atoms with Gasteiger partial charge in [-0.25, -0.2) is 0 Å². The Morgan fingerprint density at radius 2 is 2.11 bits per heavy atom. The van der Waals surface area contributed by atoms with Gasteiger partial charge in [0, 0.05) is 6.21 Å². The lowest BCUT2D eigenvalue weighted by atomic mass is 10.2. The molecule has 1 N–H and O–H groups in total. The predicted octanol–water partition coefficient (Wildman–Crippen LogP) is 1.44. The average Bonchev–Trinajstić information content (AvgIpc) is 1.82. The van der Waals surface area contributed by atoms with Crippen LogP contribution in [0.1, 0.15) is 27.2 Å². The van der Waals surface area contributed by atoms with Gasteiger partial charge in [0.1, 0.15) is 6.23 Å².